The monoisotopic (exact) mass is 321 g/mol. The van der Waals surface area contributed by atoms with E-state index in [1.807, 2.05) is 35.7 Å². The number of carbonyl (C=O) groups is 2. The van der Waals surface area contributed by atoms with Gasteiger partial charge in [0.2, 0.25) is 5.91 Å². The Morgan fingerprint density at radius 2 is 2.10 bits per heavy atom. The number of thioether (sulfide) groups is 1. The fourth-order valence-electron chi connectivity index (χ4n) is 1.50. The van der Waals surface area contributed by atoms with Crippen molar-refractivity contribution in [3.63, 3.8) is 0 Å². The molecule has 1 amide bonds. The lowest BCUT2D eigenvalue weighted by Gasteiger charge is -2.10. The van der Waals surface area contributed by atoms with E-state index in [1.54, 1.807) is 0 Å². The summed E-state index contributed by atoms with van der Waals surface area (Å²) in [5, 5.41) is 14.9. The molecule has 0 aliphatic heterocycles. The summed E-state index contributed by atoms with van der Waals surface area (Å²) in [4.78, 5) is 26.6. The molecule has 1 aromatic heterocycles. The number of nitrogens with one attached hydrogen (secondary N) is 1. The predicted octanol–water partition coefficient (Wildman–Crippen LogP) is 1.62. The zero-order valence-electron chi connectivity index (χ0n) is 11.2. The second kappa shape index (κ2) is 7.24. The minimum atomic E-state index is -1.17. The van der Waals surface area contributed by atoms with Gasteiger partial charge < -0.3 is 15.2 Å². The maximum absolute atomic E-state index is 11.7. The minimum Gasteiger partial charge on any atom is -0.549 e. The third-order valence-electron chi connectivity index (χ3n) is 2.62. The smallest absolute Gasteiger partial charge is 0.236 e. The van der Waals surface area contributed by atoms with Crippen LogP contribution in [-0.2, 0) is 9.59 Å². The first-order chi connectivity index (χ1) is 10.1. The van der Waals surface area contributed by atoms with E-state index < -0.39 is 11.2 Å². The zero-order chi connectivity index (χ0) is 15.2. The Labute approximate surface area is 130 Å². The molecule has 1 atom stereocenters. The van der Waals surface area contributed by atoms with Crippen LogP contribution in [0.25, 0.3) is 11.3 Å². The molecule has 0 aliphatic rings. The van der Waals surface area contributed by atoms with Gasteiger partial charge in [0.25, 0.3) is 0 Å². The van der Waals surface area contributed by atoms with Crippen molar-refractivity contribution in [3.8, 4) is 11.3 Å². The van der Waals surface area contributed by atoms with E-state index in [1.165, 1.54) is 18.3 Å². The number of aliphatic carboxylic acids is 1. The van der Waals surface area contributed by atoms with E-state index in [0.717, 1.165) is 23.0 Å². The highest BCUT2D eigenvalue weighted by molar-refractivity contribution is 8.01. The van der Waals surface area contributed by atoms with Crippen molar-refractivity contribution in [2.24, 2.45) is 0 Å². The molecule has 1 aromatic carbocycles. The van der Waals surface area contributed by atoms with Crippen LogP contribution in [0.2, 0.25) is 0 Å². The standard InChI is InChI=1S/C14H14N2O3S2/c1-9(13(18)19)20-8-12(17)16-14-15-11(7-21-14)10-5-3-2-4-6-10/h2-7,9H,8H2,1H3,(H,18,19)(H,15,16,17)/p-1/t9-/m1/s1. The summed E-state index contributed by atoms with van der Waals surface area (Å²) >= 11 is 2.35. The van der Waals surface area contributed by atoms with Gasteiger partial charge in [0.15, 0.2) is 5.13 Å². The highest BCUT2D eigenvalue weighted by atomic mass is 32.2. The van der Waals surface area contributed by atoms with E-state index in [0.29, 0.717) is 5.13 Å². The molecule has 5 nitrogen and oxygen atoms in total. The van der Waals surface area contributed by atoms with Gasteiger partial charge in [0.1, 0.15) is 0 Å². The van der Waals surface area contributed by atoms with Crippen molar-refractivity contribution >= 4 is 40.1 Å². The van der Waals surface area contributed by atoms with Crippen molar-refractivity contribution in [3.05, 3.63) is 35.7 Å². The van der Waals surface area contributed by atoms with Crippen LogP contribution in [0, 0.1) is 0 Å². The van der Waals surface area contributed by atoms with Gasteiger partial charge >= 0.3 is 0 Å². The summed E-state index contributed by atoms with van der Waals surface area (Å²) < 4.78 is 0. The molecule has 0 saturated heterocycles. The predicted molar refractivity (Wildman–Crippen MR) is 83.1 cm³/mol. The van der Waals surface area contributed by atoms with Crippen LogP contribution in [0.3, 0.4) is 0 Å². The van der Waals surface area contributed by atoms with Crippen molar-refractivity contribution in [1.29, 1.82) is 0 Å². The molecule has 2 aromatic rings. The molecular weight excluding hydrogens is 308 g/mol. The van der Waals surface area contributed by atoms with Gasteiger partial charge in [-0.1, -0.05) is 30.3 Å². The van der Waals surface area contributed by atoms with Crippen molar-refractivity contribution in [2.45, 2.75) is 12.2 Å². The van der Waals surface area contributed by atoms with Crippen LogP contribution >= 0.6 is 23.1 Å². The van der Waals surface area contributed by atoms with Gasteiger partial charge in [-0.2, -0.15) is 0 Å². The number of amides is 1. The molecule has 0 saturated carbocycles. The first-order valence-electron chi connectivity index (χ1n) is 6.19. The molecule has 0 unspecified atom stereocenters. The third-order valence-corrected chi connectivity index (χ3v) is 4.50. The lowest BCUT2D eigenvalue weighted by Crippen LogP contribution is -2.32. The number of rotatable bonds is 6. The largest absolute Gasteiger partial charge is 0.549 e. The second-order valence-corrected chi connectivity index (χ2v) is 6.41. The molecule has 0 spiro atoms. The maximum Gasteiger partial charge on any atom is 0.236 e. The maximum atomic E-state index is 11.7. The number of aromatic nitrogens is 1. The van der Waals surface area contributed by atoms with E-state index >= 15 is 0 Å². The Morgan fingerprint density at radius 3 is 2.76 bits per heavy atom. The first kappa shape index (κ1) is 15.5. The van der Waals surface area contributed by atoms with Gasteiger partial charge in [-0.25, -0.2) is 4.98 Å². The number of hydrogen-bond acceptors (Lipinski definition) is 6. The SMILES string of the molecule is C[C@@H](SCC(=O)Nc1nc(-c2ccccc2)cs1)C(=O)[O-]. The van der Waals surface area contributed by atoms with E-state index in [-0.39, 0.29) is 11.7 Å². The van der Waals surface area contributed by atoms with Gasteiger partial charge in [-0.05, 0) is 6.92 Å². The lowest BCUT2D eigenvalue weighted by molar-refractivity contribution is -0.304. The van der Waals surface area contributed by atoms with Crippen molar-refractivity contribution < 1.29 is 14.7 Å². The van der Waals surface area contributed by atoms with Crippen molar-refractivity contribution in [1.82, 2.24) is 4.98 Å². The number of benzene rings is 1. The summed E-state index contributed by atoms with van der Waals surface area (Å²) in [6, 6.07) is 9.65. The van der Waals surface area contributed by atoms with Crippen LogP contribution in [0.15, 0.2) is 35.7 Å². The molecule has 0 aliphatic carbocycles. The molecule has 1 N–H and O–H groups in total. The average molecular weight is 321 g/mol. The molecular formula is C14H13N2O3S2-. The molecule has 2 rings (SSSR count). The summed E-state index contributed by atoms with van der Waals surface area (Å²) in [6.45, 7) is 1.49. The van der Waals surface area contributed by atoms with E-state index in [2.05, 4.69) is 10.3 Å². The Bertz CT molecular complexity index is 628. The van der Waals surface area contributed by atoms with Crippen LogP contribution in [-0.4, -0.2) is 27.9 Å². The zero-order valence-corrected chi connectivity index (χ0v) is 12.9. The van der Waals surface area contributed by atoms with E-state index in [4.69, 9.17) is 0 Å². The van der Waals surface area contributed by atoms with Crippen molar-refractivity contribution in [2.75, 3.05) is 11.1 Å². The summed E-state index contributed by atoms with van der Waals surface area (Å²) in [6.07, 6.45) is 0. The quantitative estimate of drug-likeness (QED) is 0.874. The average Bonchev–Trinajstić information content (AvgIpc) is 2.94. The number of hydrogen-bond donors (Lipinski definition) is 1. The Morgan fingerprint density at radius 1 is 1.38 bits per heavy atom. The lowest BCUT2D eigenvalue weighted by atomic mass is 10.2. The number of carboxylic acids is 1. The Hall–Kier alpha value is -1.86. The van der Waals surface area contributed by atoms with Gasteiger partial charge in [0, 0.05) is 16.2 Å². The summed E-state index contributed by atoms with van der Waals surface area (Å²) in [7, 11) is 0. The number of nitrogens with zero attached hydrogens (tertiary/aromatic N) is 1. The van der Waals surface area contributed by atoms with Gasteiger partial charge in [-0.3, -0.25) is 4.79 Å². The molecule has 1 heterocycles. The van der Waals surface area contributed by atoms with Crippen LogP contribution in [0.4, 0.5) is 5.13 Å². The number of thiazole rings is 1. The fourth-order valence-corrected chi connectivity index (χ4v) is 2.84. The fraction of sp³-hybridized carbons (Fsp3) is 0.214. The topological polar surface area (TPSA) is 82.1 Å². The second-order valence-electron chi connectivity index (χ2n) is 4.22. The van der Waals surface area contributed by atoms with Crippen LogP contribution < -0.4 is 10.4 Å². The number of carboxylic acid groups (broad SMARTS) is 1. The Kier molecular flexibility index (Phi) is 5.35. The first-order valence-corrected chi connectivity index (χ1v) is 8.12. The highest BCUT2D eigenvalue weighted by Gasteiger charge is 2.10. The molecule has 7 heteroatoms. The normalized spacial score (nSPS) is 11.9. The molecule has 0 fully saturated rings. The highest BCUT2D eigenvalue weighted by Crippen LogP contribution is 2.24. The number of carbonyl (C=O) groups excluding carboxylic acids is 2. The molecule has 0 bridgehead atoms. The third kappa shape index (κ3) is 4.57. The molecule has 110 valence electrons. The molecule has 0 radical (unpaired) electrons. The van der Waals surface area contributed by atoms with Gasteiger partial charge in [-0.15, -0.1) is 23.1 Å². The summed E-state index contributed by atoms with van der Waals surface area (Å²) in [5.74, 6) is -1.40. The minimum absolute atomic E-state index is 0.0510. The van der Waals surface area contributed by atoms with E-state index in [9.17, 15) is 14.7 Å². The van der Waals surface area contributed by atoms with Gasteiger partial charge in [0.05, 0.1) is 17.4 Å². The molecule has 21 heavy (non-hydrogen) atoms. The Balaban J connectivity index is 1.91. The van der Waals surface area contributed by atoms with Crippen LogP contribution in [0.1, 0.15) is 6.92 Å². The van der Waals surface area contributed by atoms with Crippen LogP contribution in [0.5, 0.6) is 0 Å². The summed E-state index contributed by atoms with van der Waals surface area (Å²) in [5.41, 5.74) is 1.78. The number of anilines is 1.